The first kappa shape index (κ1) is 13.6. The number of aliphatic hydroxyl groups is 2. The zero-order valence-corrected chi connectivity index (χ0v) is 11.2. The minimum Gasteiger partial charge on any atom is -0.496 e. The molecule has 2 rings (SSSR count). The summed E-state index contributed by atoms with van der Waals surface area (Å²) < 4.78 is 10.7. The Kier molecular flexibility index (Phi) is 4.12. The normalized spacial score (nSPS) is 18.9. The van der Waals surface area contributed by atoms with Crippen molar-refractivity contribution >= 4 is 11.6 Å². The standard InChI is InChI=1S/C13H17ClO4/c1-17-9-5-3-4-7-10(18-2)6-8(13(15)16)12(14)11(7)9/h6,9,13,15-16H,3-5H2,1-2H3. The molecule has 1 aliphatic carbocycles. The summed E-state index contributed by atoms with van der Waals surface area (Å²) in [5.41, 5.74) is 2.09. The van der Waals surface area contributed by atoms with E-state index in [2.05, 4.69) is 0 Å². The lowest BCUT2D eigenvalue weighted by molar-refractivity contribution is -0.0427. The predicted octanol–water partition coefficient (Wildman–Crippen LogP) is 2.36. The Hall–Kier alpha value is -0.810. The molecule has 0 fully saturated rings. The molecular formula is C13H17ClO4. The van der Waals surface area contributed by atoms with Gasteiger partial charge < -0.3 is 19.7 Å². The third-order valence-corrected chi connectivity index (χ3v) is 3.82. The lowest BCUT2D eigenvalue weighted by atomic mass is 9.87. The largest absolute Gasteiger partial charge is 0.496 e. The van der Waals surface area contributed by atoms with Crippen LogP contribution in [0.25, 0.3) is 0 Å². The van der Waals surface area contributed by atoms with Gasteiger partial charge in [0.15, 0.2) is 6.29 Å². The maximum atomic E-state index is 9.36. The molecule has 5 heteroatoms. The van der Waals surface area contributed by atoms with Crippen LogP contribution in [0, 0.1) is 0 Å². The quantitative estimate of drug-likeness (QED) is 0.830. The van der Waals surface area contributed by atoms with Crippen LogP contribution in [0.4, 0.5) is 0 Å². The molecule has 0 aromatic heterocycles. The lowest BCUT2D eigenvalue weighted by Crippen LogP contribution is -2.15. The summed E-state index contributed by atoms with van der Waals surface area (Å²) in [7, 11) is 3.19. The van der Waals surface area contributed by atoms with E-state index in [1.165, 1.54) is 0 Å². The zero-order valence-electron chi connectivity index (χ0n) is 10.4. The molecule has 0 radical (unpaired) electrons. The van der Waals surface area contributed by atoms with Crippen molar-refractivity contribution in [3.05, 3.63) is 27.8 Å². The Bertz CT molecular complexity index is 445. The van der Waals surface area contributed by atoms with E-state index in [4.69, 9.17) is 21.1 Å². The van der Waals surface area contributed by atoms with Gasteiger partial charge in [0.05, 0.1) is 18.2 Å². The van der Waals surface area contributed by atoms with E-state index in [1.807, 2.05) is 0 Å². The van der Waals surface area contributed by atoms with Crippen molar-refractivity contribution in [1.29, 1.82) is 0 Å². The molecule has 0 amide bonds. The molecule has 0 bridgehead atoms. The van der Waals surface area contributed by atoms with E-state index in [-0.39, 0.29) is 11.7 Å². The number of hydrogen-bond donors (Lipinski definition) is 2. The van der Waals surface area contributed by atoms with E-state index in [1.54, 1.807) is 20.3 Å². The van der Waals surface area contributed by atoms with Gasteiger partial charge in [-0.2, -0.15) is 0 Å². The van der Waals surface area contributed by atoms with Crippen molar-refractivity contribution < 1.29 is 19.7 Å². The summed E-state index contributed by atoms with van der Waals surface area (Å²) >= 11 is 6.27. The molecule has 1 aliphatic rings. The second-order valence-corrected chi connectivity index (χ2v) is 4.74. The van der Waals surface area contributed by atoms with Crippen LogP contribution in [0.1, 0.15) is 41.9 Å². The lowest BCUT2D eigenvalue weighted by Gasteiger charge is -2.28. The SMILES string of the molecule is COc1cc(C(O)O)c(Cl)c2c1CCCC2OC. The van der Waals surface area contributed by atoms with E-state index < -0.39 is 6.29 Å². The highest BCUT2D eigenvalue weighted by molar-refractivity contribution is 6.32. The average Bonchev–Trinajstić information content (AvgIpc) is 2.38. The molecule has 1 aromatic rings. The van der Waals surface area contributed by atoms with Gasteiger partial charge in [0.25, 0.3) is 0 Å². The number of aliphatic hydroxyl groups excluding tert-OH is 1. The monoisotopic (exact) mass is 272 g/mol. The highest BCUT2D eigenvalue weighted by Crippen LogP contribution is 2.44. The van der Waals surface area contributed by atoms with Crippen molar-refractivity contribution in [3.63, 3.8) is 0 Å². The number of methoxy groups -OCH3 is 2. The first-order chi connectivity index (χ1) is 8.60. The maximum Gasteiger partial charge on any atom is 0.180 e. The van der Waals surface area contributed by atoms with Crippen LogP contribution in [-0.4, -0.2) is 24.4 Å². The van der Waals surface area contributed by atoms with Crippen molar-refractivity contribution in [2.24, 2.45) is 0 Å². The van der Waals surface area contributed by atoms with Crippen molar-refractivity contribution in [2.75, 3.05) is 14.2 Å². The van der Waals surface area contributed by atoms with Crippen LogP contribution in [0.15, 0.2) is 6.07 Å². The molecule has 0 spiro atoms. The predicted molar refractivity (Wildman–Crippen MR) is 67.9 cm³/mol. The Morgan fingerprint density at radius 1 is 1.39 bits per heavy atom. The number of halogens is 1. The maximum absolute atomic E-state index is 9.36. The Morgan fingerprint density at radius 2 is 2.11 bits per heavy atom. The van der Waals surface area contributed by atoms with E-state index in [9.17, 15) is 10.2 Å². The molecule has 0 aliphatic heterocycles. The van der Waals surface area contributed by atoms with Gasteiger partial charge in [-0.15, -0.1) is 0 Å². The van der Waals surface area contributed by atoms with Crippen molar-refractivity contribution in [2.45, 2.75) is 31.7 Å². The van der Waals surface area contributed by atoms with Gasteiger partial charge in [0, 0.05) is 23.8 Å². The molecule has 0 heterocycles. The Labute approximate surface area is 111 Å². The highest BCUT2D eigenvalue weighted by atomic mass is 35.5. The summed E-state index contributed by atoms with van der Waals surface area (Å²) in [4.78, 5) is 0. The van der Waals surface area contributed by atoms with Crippen molar-refractivity contribution in [3.8, 4) is 5.75 Å². The van der Waals surface area contributed by atoms with Gasteiger partial charge in [0.2, 0.25) is 0 Å². The van der Waals surface area contributed by atoms with Crippen LogP contribution in [-0.2, 0) is 11.2 Å². The molecule has 100 valence electrons. The van der Waals surface area contributed by atoms with Gasteiger partial charge in [0.1, 0.15) is 5.75 Å². The topological polar surface area (TPSA) is 58.9 Å². The van der Waals surface area contributed by atoms with Gasteiger partial charge in [-0.1, -0.05) is 11.6 Å². The second kappa shape index (κ2) is 5.45. The summed E-state index contributed by atoms with van der Waals surface area (Å²) in [6, 6.07) is 1.59. The molecule has 1 atom stereocenters. The molecule has 0 saturated heterocycles. The number of ether oxygens (including phenoxy) is 2. The molecule has 2 N–H and O–H groups in total. The Balaban J connectivity index is 2.65. The van der Waals surface area contributed by atoms with E-state index in [0.717, 1.165) is 30.4 Å². The molecule has 0 saturated carbocycles. The van der Waals surface area contributed by atoms with Gasteiger partial charge in [-0.05, 0) is 25.3 Å². The van der Waals surface area contributed by atoms with Crippen molar-refractivity contribution in [1.82, 2.24) is 0 Å². The van der Waals surface area contributed by atoms with Crippen LogP contribution >= 0.6 is 11.6 Å². The van der Waals surface area contributed by atoms with Gasteiger partial charge in [-0.3, -0.25) is 0 Å². The average molecular weight is 273 g/mol. The first-order valence-corrected chi connectivity index (χ1v) is 6.26. The third kappa shape index (κ3) is 2.21. The van der Waals surface area contributed by atoms with E-state index in [0.29, 0.717) is 10.8 Å². The minimum absolute atomic E-state index is 0.117. The summed E-state index contributed by atoms with van der Waals surface area (Å²) in [6.07, 6.45) is 1.00. The molecule has 1 unspecified atom stereocenters. The molecular weight excluding hydrogens is 256 g/mol. The molecule has 1 aromatic carbocycles. The minimum atomic E-state index is -1.61. The van der Waals surface area contributed by atoms with E-state index >= 15 is 0 Å². The fourth-order valence-corrected chi connectivity index (χ4v) is 2.91. The van der Waals surface area contributed by atoms with Crippen LogP contribution < -0.4 is 4.74 Å². The fraction of sp³-hybridized carbons (Fsp3) is 0.538. The van der Waals surface area contributed by atoms with Crippen LogP contribution in [0.3, 0.4) is 0 Å². The fourth-order valence-electron chi connectivity index (χ4n) is 2.52. The third-order valence-electron chi connectivity index (χ3n) is 3.40. The smallest absolute Gasteiger partial charge is 0.180 e. The molecule has 18 heavy (non-hydrogen) atoms. The number of benzene rings is 1. The number of fused-ring (bicyclic) bond motifs is 1. The summed E-state index contributed by atoms with van der Waals surface area (Å²) in [6.45, 7) is 0. The van der Waals surface area contributed by atoms with Gasteiger partial charge >= 0.3 is 0 Å². The second-order valence-electron chi connectivity index (χ2n) is 4.36. The zero-order chi connectivity index (χ0) is 13.3. The van der Waals surface area contributed by atoms with Crippen LogP contribution in [0.2, 0.25) is 5.02 Å². The molecule has 4 nitrogen and oxygen atoms in total. The number of hydrogen-bond acceptors (Lipinski definition) is 4. The Morgan fingerprint density at radius 3 is 2.67 bits per heavy atom. The summed E-state index contributed by atoms with van der Waals surface area (Å²) in [5, 5.41) is 19.1. The number of rotatable bonds is 3. The summed E-state index contributed by atoms with van der Waals surface area (Å²) in [5.74, 6) is 0.638. The highest BCUT2D eigenvalue weighted by Gasteiger charge is 2.28. The van der Waals surface area contributed by atoms with Gasteiger partial charge in [-0.25, -0.2) is 0 Å². The van der Waals surface area contributed by atoms with Crippen LogP contribution in [0.5, 0.6) is 5.75 Å². The first-order valence-electron chi connectivity index (χ1n) is 5.88.